The van der Waals surface area contributed by atoms with Crippen molar-refractivity contribution in [1.82, 2.24) is 0 Å². The van der Waals surface area contributed by atoms with E-state index in [0.717, 1.165) is 30.3 Å². The lowest BCUT2D eigenvalue weighted by Crippen LogP contribution is -2.04. The largest absolute Gasteiger partial charge is 0.478 e. The highest BCUT2D eigenvalue weighted by molar-refractivity contribution is 6.04. The van der Waals surface area contributed by atoms with E-state index in [-0.39, 0.29) is 22.3 Å². The van der Waals surface area contributed by atoms with E-state index in [9.17, 15) is 18.4 Å². The molecule has 3 nitrogen and oxygen atoms in total. The average Bonchev–Trinajstić information content (AvgIpc) is 2.38. The maximum absolute atomic E-state index is 13.4. The molecule has 0 radical (unpaired) electrons. The van der Waals surface area contributed by atoms with E-state index in [1.165, 1.54) is 13.0 Å². The molecule has 0 saturated carbocycles. The number of hydrogen-bond acceptors (Lipinski definition) is 2. The zero-order valence-corrected chi connectivity index (χ0v) is 10.5. The van der Waals surface area contributed by atoms with Crippen LogP contribution in [0.5, 0.6) is 0 Å². The van der Waals surface area contributed by atoms with E-state index in [4.69, 9.17) is 5.11 Å². The fraction of sp³-hybridized carbons (Fsp3) is 0.0667. The van der Waals surface area contributed by atoms with Gasteiger partial charge in [0.25, 0.3) is 0 Å². The Morgan fingerprint density at radius 3 is 2.10 bits per heavy atom. The molecule has 0 bridgehead atoms. The van der Waals surface area contributed by atoms with Crippen molar-refractivity contribution in [1.29, 1.82) is 0 Å². The molecule has 0 aliphatic rings. The number of carboxylic acid groups (broad SMARTS) is 1. The summed E-state index contributed by atoms with van der Waals surface area (Å²) in [6, 6.07) is 6.52. The molecule has 2 aromatic carbocycles. The van der Waals surface area contributed by atoms with Crippen molar-refractivity contribution in [2.24, 2.45) is 0 Å². The molecule has 2 rings (SSSR count). The van der Waals surface area contributed by atoms with E-state index in [0.29, 0.717) is 0 Å². The summed E-state index contributed by atoms with van der Waals surface area (Å²) in [5.41, 5.74) is 0.0945. The highest BCUT2D eigenvalue weighted by atomic mass is 19.1. The fourth-order valence-corrected chi connectivity index (χ4v) is 1.97. The molecule has 0 aliphatic heterocycles. The quantitative estimate of drug-likeness (QED) is 0.872. The molecular weight excluding hydrogens is 266 g/mol. The molecule has 2 aromatic rings. The molecule has 102 valence electrons. The second-order valence-electron chi connectivity index (χ2n) is 4.24. The summed E-state index contributed by atoms with van der Waals surface area (Å²) in [6.07, 6.45) is 0. The summed E-state index contributed by atoms with van der Waals surface area (Å²) in [4.78, 5) is 22.7. The summed E-state index contributed by atoms with van der Waals surface area (Å²) in [5, 5.41) is 9.12. The monoisotopic (exact) mass is 276 g/mol. The number of carbonyl (C=O) groups is 2. The summed E-state index contributed by atoms with van der Waals surface area (Å²) < 4.78 is 26.6. The van der Waals surface area contributed by atoms with Gasteiger partial charge in [-0.05, 0) is 48.4 Å². The zero-order chi connectivity index (χ0) is 14.9. The first-order valence-electron chi connectivity index (χ1n) is 5.74. The van der Waals surface area contributed by atoms with Crippen molar-refractivity contribution in [2.75, 3.05) is 0 Å². The predicted molar refractivity (Wildman–Crippen MR) is 68.8 cm³/mol. The van der Waals surface area contributed by atoms with Gasteiger partial charge in [-0.1, -0.05) is 6.07 Å². The number of rotatable bonds is 3. The molecule has 0 fully saturated rings. The molecule has 0 atom stereocenters. The standard InChI is InChI=1S/C15H10F2O3/c1-8(18)13-6-9(16)2-4-11(13)14-7-10(17)3-5-12(14)15(19)20/h2-7H,1H3,(H,19,20). The number of aromatic carboxylic acids is 1. The molecule has 20 heavy (non-hydrogen) atoms. The van der Waals surface area contributed by atoms with Crippen molar-refractivity contribution in [3.05, 3.63) is 59.2 Å². The van der Waals surface area contributed by atoms with Crippen molar-refractivity contribution in [3.8, 4) is 11.1 Å². The van der Waals surface area contributed by atoms with Crippen LogP contribution in [-0.4, -0.2) is 16.9 Å². The van der Waals surface area contributed by atoms with Gasteiger partial charge in [-0.25, -0.2) is 13.6 Å². The van der Waals surface area contributed by atoms with E-state index in [1.54, 1.807) is 0 Å². The lowest BCUT2D eigenvalue weighted by atomic mass is 9.93. The van der Waals surface area contributed by atoms with Crippen LogP contribution >= 0.6 is 0 Å². The zero-order valence-electron chi connectivity index (χ0n) is 10.5. The normalized spacial score (nSPS) is 10.3. The minimum absolute atomic E-state index is 0.0121. The van der Waals surface area contributed by atoms with Gasteiger partial charge < -0.3 is 5.11 Å². The van der Waals surface area contributed by atoms with Gasteiger partial charge >= 0.3 is 5.97 Å². The molecule has 0 aromatic heterocycles. The molecule has 1 N–H and O–H groups in total. The van der Waals surface area contributed by atoms with Gasteiger partial charge in [0.15, 0.2) is 5.78 Å². The Morgan fingerprint density at radius 1 is 0.900 bits per heavy atom. The Kier molecular flexibility index (Phi) is 3.61. The highest BCUT2D eigenvalue weighted by Gasteiger charge is 2.17. The first-order valence-corrected chi connectivity index (χ1v) is 5.74. The number of ketones is 1. The molecule has 0 saturated heterocycles. The minimum Gasteiger partial charge on any atom is -0.478 e. The third-order valence-electron chi connectivity index (χ3n) is 2.86. The lowest BCUT2D eigenvalue weighted by molar-refractivity contribution is 0.0697. The van der Waals surface area contributed by atoms with Crippen molar-refractivity contribution in [2.45, 2.75) is 6.92 Å². The van der Waals surface area contributed by atoms with Crippen molar-refractivity contribution < 1.29 is 23.5 Å². The van der Waals surface area contributed by atoms with Gasteiger partial charge in [-0.3, -0.25) is 4.79 Å². The molecule has 5 heteroatoms. The van der Waals surface area contributed by atoms with Crippen LogP contribution in [0.25, 0.3) is 11.1 Å². The Bertz CT molecular complexity index is 708. The van der Waals surface area contributed by atoms with Crippen LogP contribution < -0.4 is 0 Å². The molecular formula is C15H10F2O3. The molecule has 0 unspecified atom stereocenters. The Labute approximate surface area is 113 Å². The number of benzene rings is 2. The van der Waals surface area contributed by atoms with Crippen LogP contribution in [0.1, 0.15) is 27.6 Å². The van der Waals surface area contributed by atoms with E-state index < -0.39 is 23.4 Å². The predicted octanol–water partition coefficient (Wildman–Crippen LogP) is 3.53. The first-order chi connectivity index (χ1) is 9.40. The van der Waals surface area contributed by atoms with Gasteiger partial charge in [-0.2, -0.15) is 0 Å². The molecule has 0 heterocycles. The second kappa shape index (κ2) is 5.21. The van der Waals surface area contributed by atoms with Gasteiger partial charge in [0.1, 0.15) is 11.6 Å². The Balaban J connectivity index is 2.77. The van der Waals surface area contributed by atoms with E-state index in [1.807, 2.05) is 0 Å². The maximum Gasteiger partial charge on any atom is 0.336 e. The summed E-state index contributed by atoms with van der Waals surface area (Å²) in [5.74, 6) is -2.94. The number of hydrogen-bond donors (Lipinski definition) is 1. The van der Waals surface area contributed by atoms with Crippen molar-refractivity contribution >= 4 is 11.8 Å². The van der Waals surface area contributed by atoms with Crippen LogP contribution in [0.15, 0.2) is 36.4 Å². The molecule has 0 spiro atoms. The summed E-state index contributed by atoms with van der Waals surface area (Å²) >= 11 is 0. The molecule has 0 aliphatic carbocycles. The average molecular weight is 276 g/mol. The summed E-state index contributed by atoms with van der Waals surface area (Å²) in [7, 11) is 0. The van der Waals surface area contributed by atoms with E-state index in [2.05, 4.69) is 0 Å². The van der Waals surface area contributed by atoms with Crippen LogP contribution in [0.4, 0.5) is 8.78 Å². The third kappa shape index (κ3) is 2.56. The van der Waals surface area contributed by atoms with E-state index >= 15 is 0 Å². The van der Waals surface area contributed by atoms with Gasteiger partial charge in [-0.15, -0.1) is 0 Å². The van der Waals surface area contributed by atoms with Crippen LogP contribution in [0.3, 0.4) is 0 Å². The van der Waals surface area contributed by atoms with Crippen molar-refractivity contribution in [3.63, 3.8) is 0 Å². The lowest BCUT2D eigenvalue weighted by Gasteiger charge is -2.10. The van der Waals surface area contributed by atoms with Crippen LogP contribution in [0.2, 0.25) is 0 Å². The molecule has 0 amide bonds. The second-order valence-corrected chi connectivity index (χ2v) is 4.24. The Hall–Kier alpha value is -2.56. The van der Waals surface area contributed by atoms with Gasteiger partial charge in [0, 0.05) is 5.56 Å². The number of carbonyl (C=O) groups excluding carboxylic acids is 1. The first kappa shape index (κ1) is 13.9. The number of carboxylic acids is 1. The highest BCUT2D eigenvalue weighted by Crippen LogP contribution is 2.29. The Morgan fingerprint density at radius 2 is 1.50 bits per heavy atom. The van der Waals surface area contributed by atoms with Gasteiger partial charge in [0.05, 0.1) is 5.56 Å². The van der Waals surface area contributed by atoms with Crippen LogP contribution in [0, 0.1) is 11.6 Å². The summed E-state index contributed by atoms with van der Waals surface area (Å²) in [6.45, 7) is 1.23. The SMILES string of the molecule is CC(=O)c1cc(F)ccc1-c1cc(F)ccc1C(=O)O. The van der Waals surface area contributed by atoms with Gasteiger partial charge in [0.2, 0.25) is 0 Å². The number of Topliss-reactive ketones (excluding diaryl/α,β-unsaturated/α-hetero) is 1. The topological polar surface area (TPSA) is 54.4 Å². The number of halogens is 2. The smallest absolute Gasteiger partial charge is 0.336 e. The maximum atomic E-state index is 13.4. The fourth-order valence-electron chi connectivity index (χ4n) is 1.97. The minimum atomic E-state index is -1.25. The third-order valence-corrected chi connectivity index (χ3v) is 2.86. The van der Waals surface area contributed by atoms with Crippen LogP contribution in [-0.2, 0) is 0 Å².